The van der Waals surface area contributed by atoms with Gasteiger partial charge in [0.05, 0.1) is 11.4 Å². The molecule has 0 spiro atoms. The molecule has 1 amide bonds. The van der Waals surface area contributed by atoms with Crippen LogP contribution in [0.1, 0.15) is 19.8 Å². The SMILES string of the molecule is CC1CCN(c2ccc(-c3ccc(NC(=O)CSc4nnnn4C)cc3)nn2)CC1. The van der Waals surface area contributed by atoms with E-state index in [0.717, 1.165) is 41.8 Å². The molecule has 0 atom stereocenters. The molecule has 3 aromatic rings. The van der Waals surface area contributed by atoms with E-state index < -0.39 is 0 Å². The van der Waals surface area contributed by atoms with Crippen LogP contribution in [0.5, 0.6) is 0 Å². The second-order valence-electron chi connectivity index (χ2n) is 7.45. The Hall–Kier alpha value is -3.01. The lowest BCUT2D eigenvalue weighted by atomic mass is 9.99. The van der Waals surface area contributed by atoms with E-state index in [1.807, 2.05) is 36.4 Å². The van der Waals surface area contributed by atoms with E-state index in [2.05, 4.69) is 42.9 Å². The highest BCUT2D eigenvalue weighted by atomic mass is 32.2. The Kier molecular flexibility index (Phi) is 6.22. The van der Waals surface area contributed by atoms with Crippen LogP contribution in [0.15, 0.2) is 41.6 Å². The number of nitrogens with one attached hydrogen (secondary N) is 1. The Balaban J connectivity index is 1.32. The number of amides is 1. The number of rotatable bonds is 6. The number of hydrogen-bond donors (Lipinski definition) is 1. The molecular formula is C20H24N8OS. The highest BCUT2D eigenvalue weighted by Crippen LogP contribution is 2.24. The van der Waals surface area contributed by atoms with Crippen LogP contribution in [-0.4, -0.2) is 55.2 Å². The Morgan fingerprint density at radius 3 is 2.50 bits per heavy atom. The third-order valence-corrected chi connectivity index (χ3v) is 6.15. The summed E-state index contributed by atoms with van der Waals surface area (Å²) >= 11 is 1.29. The van der Waals surface area contributed by atoms with E-state index >= 15 is 0 Å². The molecule has 156 valence electrons. The lowest BCUT2D eigenvalue weighted by molar-refractivity contribution is -0.113. The first-order valence-corrected chi connectivity index (χ1v) is 10.9. The maximum absolute atomic E-state index is 12.1. The fourth-order valence-corrected chi connectivity index (χ4v) is 3.93. The van der Waals surface area contributed by atoms with E-state index in [4.69, 9.17) is 0 Å². The van der Waals surface area contributed by atoms with Crippen LogP contribution in [0, 0.1) is 5.92 Å². The number of tetrazole rings is 1. The molecule has 0 bridgehead atoms. The van der Waals surface area contributed by atoms with Crippen molar-refractivity contribution >= 4 is 29.2 Å². The molecule has 1 fully saturated rings. The van der Waals surface area contributed by atoms with Gasteiger partial charge in [-0.2, -0.15) is 0 Å². The van der Waals surface area contributed by atoms with Crippen molar-refractivity contribution in [2.24, 2.45) is 13.0 Å². The largest absolute Gasteiger partial charge is 0.355 e. The van der Waals surface area contributed by atoms with Crippen molar-refractivity contribution < 1.29 is 4.79 Å². The van der Waals surface area contributed by atoms with Crippen molar-refractivity contribution in [3.05, 3.63) is 36.4 Å². The second-order valence-corrected chi connectivity index (χ2v) is 8.39. The molecule has 0 saturated carbocycles. The molecule has 1 saturated heterocycles. The molecule has 4 rings (SSSR count). The average Bonchev–Trinajstić information content (AvgIpc) is 3.18. The first-order chi connectivity index (χ1) is 14.6. The third-order valence-electron chi connectivity index (χ3n) is 5.14. The van der Waals surface area contributed by atoms with Crippen LogP contribution in [-0.2, 0) is 11.8 Å². The van der Waals surface area contributed by atoms with Gasteiger partial charge < -0.3 is 10.2 Å². The maximum Gasteiger partial charge on any atom is 0.234 e. The summed E-state index contributed by atoms with van der Waals surface area (Å²) in [7, 11) is 1.74. The lowest BCUT2D eigenvalue weighted by Gasteiger charge is -2.30. The van der Waals surface area contributed by atoms with Crippen LogP contribution in [0.4, 0.5) is 11.5 Å². The molecule has 1 aliphatic rings. The number of hydrogen-bond acceptors (Lipinski definition) is 8. The number of nitrogens with zero attached hydrogens (tertiary/aromatic N) is 7. The smallest absolute Gasteiger partial charge is 0.234 e. The van der Waals surface area contributed by atoms with Crippen molar-refractivity contribution in [2.75, 3.05) is 29.1 Å². The molecule has 2 aromatic heterocycles. The van der Waals surface area contributed by atoms with Gasteiger partial charge in [0.1, 0.15) is 0 Å². The van der Waals surface area contributed by atoms with Crippen LogP contribution in [0.3, 0.4) is 0 Å². The van der Waals surface area contributed by atoms with Crippen LogP contribution >= 0.6 is 11.8 Å². The van der Waals surface area contributed by atoms with Crippen molar-refractivity contribution in [1.29, 1.82) is 0 Å². The van der Waals surface area contributed by atoms with Crippen LogP contribution in [0.25, 0.3) is 11.3 Å². The van der Waals surface area contributed by atoms with E-state index in [1.165, 1.54) is 29.3 Å². The lowest BCUT2D eigenvalue weighted by Crippen LogP contribution is -2.33. The molecule has 10 heteroatoms. The highest BCUT2D eigenvalue weighted by molar-refractivity contribution is 7.99. The van der Waals surface area contributed by atoms with Crippen LogP contribution in [0.2, 0.25) is 0 Å². The molecule has 3 heterocycles. The van der Waals surface area contributed by atoms with Gasteiger partial charge in [0.2, 0.25) is 11.1 Å². The predicted molar refractivity (Wildman–Crippen MR) is 116 cm³/mol. The van der Waals surface area contributed by atoms with Gasteiger partial charge >= 0.3 is 0 Å². The summed E-state index contributed by atoms with van der Waals surface area (Å²) in [5, 5.41) is 23.4. The minimum Gasteiger partial charge on any atom is -0.355 e. The third kappa shape index (κ3) is 4.93. The topological polar surface area (TPSA) is 102 Å². The average molecular weight is 425 g/mol. The number of carbonyl (C=O) groups excluding carboxylic acids is 1. The van der Waals surface area contributed by atoms with Gasteiger partial charge in [-0.25, -0.2) is 4.68 Å². The van der Waals surface area contributed by atoms with E-state index in [1.54, 1.807) is 7.05 Å². The Morgan fingerprint density at radius 2 is 1.87 bits per heavy atom. The fourth-order valence-electron chi connectivity index (χ4n) is 3.28. The number of benzene rings is 1. The van der Waals surface area contributed by atoms with Gasteiger partial charge in [-0.15, -0.1) is 15.3 Å². The van der Waals surface area contributed by atoms with Gasteiger partial charge in [-0.1, -0.05) is 30.8 Å². The molecule has 0 aliphatic carbocycles. The number of aryl methyl sites for hydroxylation is 1. The Bertz CT molecular complexity index is 981. The monoisotopic (exact) mass is 424 g/mol. The zero-order chi connectivity index (χ0) is 20.9. The summed E-state index contributed by atoms with van der Waals surface area (Å²) in [5.41, 5.74) is 2.50. The number of anilines is 2. The molecule has 0 radical (unpaired) electrons. The van der Waals surface area contributed by atoms with Gasteiger partial charge in [-0.05, 0) is 53.5 Å². The Morgan fingerprint density at radius 1 is 1.10 bits per heavy atom. The highest BCUT2D eigenvalue weighted by Gasteiger charge is 2.17. The minimum atomic E-state index is -0.115. The van der Waals surface area contributed by atoms with E-state index in [0.29, 0.717) is 5.16 Å². The zero-order valence-electron chi connectivity index (χ0n) is 17.0. The van der Waals surface area contributed by atoms with Crippen molar-refractivity contribution in [2.45, 2.75) is 24.9 Å². The first kappa shape index (κ1) is 20.3. The van der Waals surface area contributed by atoms with Crippen molar-refractivity contribution in [3.63, 3.8) is 0 Å². The molecule has 9 nitrogen and oxygen atoms in total. The molecule has 1 N–H and O–H groups in total. The number of carbonyl (C=O) groups is 1. The first-order valence-electron chi connectivity index (χ1n) is 9.92. The minimum absolute atomic E-state index is 0.115. The molecule has 1 aliphatic heterocycles. The summed E-state index contributed by atoms with van der Waals surface area (Å²) in [6, 6.07) is 11.6. The van der Waals surface area contributed by atoms with Gasteiger partial charge in [-0.3, -0.25) is 4.79 Å². The van der Waals surface area contributed by atoms with Crippen LogP contribution < -0.4 is 10.2 Å². The standard InChI is InChI=1S/C20H24N8OS/c1-14-9-11-28(12-10-14)18-8-7-17(22-23-18)15-3-5-16(6-4-15)21-19(29)13-30-20-24-25-26-27(20)2/h3-8,14H,9-13H2,1-2H3,(H,21,29). The molecule has 1 aromatic carbocycles. The van der Waals surface area contributed by atoms with E-state index in [-0.39, 0.29) is 11.7 Å². The van der Waals surface area contributed by atoms with E-state index in [9.17, 15) is 4.79 Å². The second kappa shape index (κ2) is 9.21. The summed E-state index contributed by atoms with van der Waals surface area (Å²) < 4.78 is 1.53. The summed E-state index contributed by atoms with van der Waals surface area (Å²) in [4.78, 5) is 14.4. The fraction of sp³-hybridized carbons (Fsp3) is 0.400. The van der Waals surface area contributed by atoms with Crippen molar-refractivity contribution in [1.82, 2.24) is 30.4 Å². The van der Waals surface area contributed by atoms with Gasteiger partial charge in [0.15, 0.2) is 5.82 Å². The van der Waals surface area contributed by atoms with Gasteiger partial charge in [0, 0.05) is 31.4 Å². The predicted octanol–water partition coefficient (Wildman–Crippen LogP) is 2.63. The molecule has 0 unspecified atom stereocenters. The molecule has 30 heavy (non-hydrogen) atoms. The molecular weight excluding hydrogens is 400 g/mol. The normalized spacial score (nSPS) is 14.7. The van der Waals surface area contributed by atoms with Gasteiger partial charge in [0.25, 0.3) is 0 Å². The van der Waals surface area contributed by atoms with Crippen molar-refractivity contribution in [3.8, 4) is 11.3 Å². The summed E-state index contributed by atoms with van der Waals surface area (Å²) in [5.74, 6) is 1.84. The maximum atomic E-state index is 12.1. The Labute approximate surface area is 179 Å². The summed E-state index contributed by atoms with van der Waals surface area (Å²) in [6.45, 7) is 4.37. The number of piperidine rings is 1. The summed E-state index contributed by atoms with van der Waals surface area (Å²) in [6.07, 6.45) is 2.40. The number of thioether (sulfide) groups is 1. The quantitative estimate of drug-likeness (QED) is 0.603. The zero-order valence-corrected chi connectivity index (χ0v) is 17.8. The number of aromatic nitrogens is 6.